The van der Waals surface area contributed by atoms with Crippen LogP contribution in [0.25, 0.3) is 11.4 Å². The Hall–Kier alpha value is -2.41. The van der Waals surface area contributed by atoms with Crippen LogP contribution in [-0.2, 0) is 6.42 Å². The molecule has 0 aromatic carbocycles. The summed E-state index contributed by atoms with van der Waals surface area (Å²) in [5, 5.41) is 0.859. The Morgan fingerprint density at radius 2 is 1.90 bits per heavy atom. The topological polar surface area (TPSA) is 51.3 Å². The van der Waals surface area contributed by atoms with Crippen molar-refractivity contribution < 1.29 is 0 Å². The number of halogens is 1. The van der Waals surface area contributed by atoms with Crippen molar-refractivity contribution in [3.8, 4) is 11.4 Å². The molecule has 1 atom stereocenters. The maximum absolute atomic E-state index is 6.13. The van der Waals surface area contributed by atoms with Crippen molar-refractivity contribution in [2.45, 2.75) is 77.3 Å². The van der Waals surface area contributed by atoms with Crippen LogP contribution >= 0.6 is 11.6 Å². The van der Waals surface area contributed by atoms with E-state index in [1.807, 2.05) is 18.5 Å². The Balaban J connectivity index is 1.09. The number of H-pyrrole nitrogens is 1. The Kier molecular flexibility index (Phi) is 9.94. The number of aromatic nitrogens is 3. The molecule has 39 heavy (non-hydrogen) atoms. The van der Waals surface area contributed by atoms with E-state index in [0.717, 1.165) is 61.1 Å². The molecule has 4 heterocycles. The molecule has 2 aromatic rings. The number of hydrogen-bond donors (Lipinski definition) is 1. The predicted molar refractivity (Wildman–Crippen MR) is 163 cm³/mol. The molecule has 1 unspecified atom stereocenters. The minimum absolute atomic E-state index is 0.593. The van der Waals surface area contributed by atoms with E-state index in [9.17, 15) is 0 Å². The zero-order valence-corrected chi connectivity index (χ0v) is 24.5. The third-order valence-corrected chi connectivity index (χ3v) is 9.04. The number of piperidine rings is 1. The summed E-state index contributed by atoms with van der Waals surface area (Å²) >= 11 is 6.13. The maximum Gasteiger partial charge on any atom is 0.138 e. The summed E-state index contributed by atoms with van der Waals surface area (Å²) in [5.41, 5.74) is 3.81. The van der Waals surface area contributed by atoms with Gasteiger partial charge in [0.15, 0.2) is 0 Å². The number of unbranched alkanes of at least 4 members (excludes halogenated alkanes) is 1. The van der Waals surface area contributed by atoms with Crippen LogP contribution in [0.5, 0.6) is 0 Å². The lowest BCUT2D eigenvalue weighted by Crippen LogP contribution is -2.58. The van der Waals surface area contributed by atoms with E-state index in [1.165, 1.54) is 62.9 Å². The van der Waals surface area contributed by atoms with Gasteiger partial charge in [-0.05, 0) is 88.7 Å². The number of aryl methyl sites for hydroxylation is 1. The molecular formula is C32H45ClN6. The highest BCUT2D eigenvalue weighted by Gasteiger charge is 2.33. The molecule has 0 bridgehead atoms. The molecule has 0 spiro atoms. The monoisotopic (exact) mass is 548 g/mol. The van der Waals surface area contributed by atoms with Crippen LogP contribution in [0.1, 0.15) is 64.4 Å². The molecule has 2 saturated heterocycles. The number of pyridine rings is 1. The second-order valence-corrected chi connectivity index (χ2v) is 11.6. The highest BCUT2D eigenvalue weighted by Crippen LogP contribution is 2.29. The van der Waals surface area contributed by atoms with Crippen LogP contribution in [0.3, 0.4) is 0 Å². The van der Waals surface area contributed by atoms with E-state index in [2.05, 4.69) is 62.8 Å². The number of nitrogens with zero attached hydrogens (tertiary/aromatic N) is 5. The zero-order chi connectivity index (χ0) is 27.0. The summed E-state index contributed by atoms with van der Waals surface area (Å²) in [4.78, 5) is 20.6. The number of rotatable bonds is 10. The molecule has 0 radical (unpaired) electrons. The van der Waals surface area contributed by atoms with Gasteiger partial charge in [-0.25, -0.2) is 9.97 Å². The second kappa shape index (κ2) is 13.8. The molecule has 7 heteroatoms. The van der Waals surface area contributed by atoms with Crippen molar-refractivity contribution >= 4 is 17.4 Å². The molecule has 1 aliphatic carbocycles. The molecule has 0 saturated carbocycles. The van der Waals surface area contributed by atoms with Crippen molar-refractivity contribution in [2.24, 2.45) is 0 Å². The van der Waals surface area contributed by atoms with E-state index < -0.39 is 0 Å². The number of piperazine rings is 1. The van der Waals surface area contributed by atoms with Gasteiger partial charge in [0.25, 0.3) is 0 Å². The van der Waals surface area contributed by atoms with Crippen LogP contribution in [0.2, 0.25) is 0 Å². The molecule has 1 N–H and O–H groups in total. The van der Waals surface area contributed by atoms with Crippen LogP contribution in [0, 0.1) is 0 Å². The minimum Gasteiger partial charge on any atom is -0.354 e. The number of allylic oxidation sites excluding steroid dienone is 6. The Labute approximate surface area is 239 Å². The Bertz CT molecular complexity index is 1150. The lowest BCUT2D eigenvalue weighted by molar-refractivity contribution is 0.0627. The first-order valence-electron chi connectivity index (χ1n) is 15.1. The molecule has 2 aliphatic heterocycles. The van der Waals surface area contributed by atoms with Crippen LogP contribution < -0.4 is 4.90 Å². The average molecular weight is 549 g/mol. The molecular weight excluding hydrogens is 504 g/mol. The van der Waals surface area contributed by atoms with Crippen molar-refractivity contribution in [1.82, 2.24) is 24.8 Å². The summed E-state index contributed by atoms with van der Waals surface area (Å²) in [7, 11) is 0. The fraction of sp³-hybridized carbons (Fsp3) is 0.562. The number of anilines is 1. The van der Waals surface area contributed by atoms with Crippen molar-refractivity contribution in [3.05, 3.63) is 65.1 Å². The van der Waals surface area contributed by atoms with Gasteiger partial charge in [0, 0.05) is 60.9 Å². The van der Waals surface area contributed by atoms with Crippen LogP contribution in [-0.4, -0.2) is 76.1 Å². The Morgan fingerprint density at radius 3 is 2.67 bits per heavy atom. The SMILES string of the molecule is CCc1cc(-c2ncc[nH]2)cnc1N1CCN(C2CCN(CCCCC3=CCC=C(Cl)C=C3)CC2)C(CC)C1. The van der Waals surface area contributed by atoms with E-state index in [-0.39, 0.29) is 0 Å². The van der Waals surface area contributed by atoms with E-state index in [1.54, 1.807) is 6.20 Å². The normalized spacial score (nSPS) is 21.6. The zero-order valence-electron chi connectivity index (χ0n) is 23.8. The second-order valence-electron chi connectivity index (χ2n) is 11.2. The summed E-state index contributed by atoms with van der Waals surface area (Å²) in [6.45, 7) is 11.5. The molecule has 5 rings (SSSR count). The molecule has 0 amide bonds. The largest absolute Gasteiger partial charge is 0.354 e. The van der Waals surface area contributed by atoms with Gasteiger partial charge < -0.3 is 14.8 Å². The summed E-state index contributed by atoms with van der Waals surface area (Å²) in [5.74, 6) is 2.05. The minimum atomic E-state index is 0.593. The van der Waals surface area contributed by atoms with Gasteiger partial charge in [0.1, 0.15) is 11.6 Å². The smallest absolute Gasteiger partial charge is 0.138 e. The first-order chi connectivity index (χ1) is 19.1. The maximum atomic E-state index is 6.13. The van der Waals surface area contributed by atoms with Gasteiger partial charge in [-0.3, -0.25) is 4.90 Å². The van der Waals surface area contributed by atoms with Gasteiger partial charge in [-0.15, -0.1) is 0 Å². The first kappa shape index (κ1) is 28.1. The predicted octanol–water partition coefficient (Wildman–Crippen LogP) is 6.58. The molecule has 6 nitrogen and oxygen atoms in total. The van der Waals surface area contributed by atoms with Crippen molar-refractivity contribution in [2.75, 3.05) is 44.2 Å². The number of nitrogens with one attached hydrogen (secondary N) is 1. The third-order valence-electron chi connectivity index (χ3n) is 8.76. The molecule has 3 aliphatic rings. The number of imidazole rings is 1. The van der Waals surface area contributed by atoms with E-state index >= 15 is 0 Å². The highest BCUT2D eigenvalue weighted by molar-refractivity contribution is 6.31. The van der Waals surface area contributed by atoms with Gasteiger partial charge in [-0.2, -0.15) is 0 Å². The lowest BCUT2D eigenvalue weighted by atomic mass is 9.97. The lowest BCUT2D eigenvalue weighted by Gasteiger charge is -2.48. The first-order valence-corrected chi connectivity index (χ1v) is 15.5. The van der Waals surface area contributed by atoms with E-state index in [4.69, 9.17) is 16.6 Å². The average Bonchev–Trinajstić information content (AvgIpc) is 3.44. The van der Waals surface area contributed by atoms with Crippen LogP contribution in [0.15, 0.2) is 59.6 Å². The summed E-state index contributed by atoms with van der Waals surface area (Å²) in [6.07, 6.45) is 23.7. The van der Waals surface area contributed by atoms with Crippen molar-refractivity contribution in [1.29, 1.82) is 0 Å². The van der Waals surface area contributed by atoms with Crippen LogP contribution in [0.4, 0.5) is 5.82 Å². The molecule has 210 valence electrons. The fourth-order valence-electron chi connectivity index (χ4n) is 6.48. The number of aromatic amines is 1. The number of likely N-dealkylation sites (tertiary alicyclic amines) is 1. The third kappa shape index (κ3) is 7.22. The molecule has 2 aromatic heterocycles. The summed E-state index contributed by atoms with van der Waals surface area (Å²) in [6, 6.07) is 3.57. The van der Waals surface area contributed by atoms with Gasteiger partial charge >= 0.3 is 0 Å². The standard InChI is InChI=1S/C32H45ClN6/c1-3-26-22-27(31-34-15-16-35-31)23-36-32(26)38-20-21-39(29(4-2)24-38)30-13-18-37(19-14-30)17-6-5-8-25-9-7-10-28(33)12-11-25/h9-12,15-16,22-23,29-30H,3-8,13-14,17-21,24H2,1-2H3,(H,34,35). The van der Waals surface area contributed by atoms with Gasteiger partial charge in [-0.1, -0.05) is 49.2 Å². The summed E-state index contributed by atoms with van der Waals surface area (Å²) < 4.78 is 0. The quantitative estimate of drug-likeness (QED) is 0.340. The number of hydrogen-bond acceptors (Lipinski definition) is 5. The highest BCUT2D eigenvalue weighted by atomic mass is 35.5. The van der Waals surface area contributed by atoms with Crippen molar-refractivity contribution in [3.63, 3.8) is 0 Å². The molecule has 2 fully saturated rings. The Morgan fingerprint density at radius 1 is 1.03 bits per heavy atom. The van der Waals surface area contributed by atoms with E-state index in [0.29, 0.717) is 12.1 Å². The van der Waals surface area contributed by atoms with Gasteiger partial charge in [0.05, 0.1) is 0 Å². The van der Waals surface area contributed by atoms with Gasteiger partial charge in [0.2, 0.25) is 0 Å². The fourth-order valence-corrected chi connectivity index (χ4v) is 6.63.